The number of hydrogen-bond donors (Lipinski definition) is 0. The maximum Gasteiger partial charge on any atom is 0.139 e. The van der Waals surface area contributed by atoms with Gasteiger partial charge in [-0.2, -0.15) is 0 Å². The molecule has 1 heteroatoms. The molecule has 0 bridgehead atoms. The predicted octanol–water partition coefficient (Wildman–Crippen LogP) is 6.14. The fraction of sp³-hybridized carbons (Fsp3) is 0.185. The summed E-state index contributed by atoms with van der Waals surface area (Å²) in [5.41, 5.74) is 5.53. The molecule has 0 aliphatic carbocycles. The summed E-state index contributed by atoms with van der Waals surface area (Å²) in [6.07, 6.45) is 2.92. The van der Waals surface area contributed by atoms with Crippen molar-refractivity contribution in [2.45, 2.75) is 33.1 Å². The Morgan fingerprint density at radius 1 is 0.643 bits per heavy atom. The molecule has 0 atom stereocenters. The molecule has 0 heterocycles. The summed E-state index contributed by atoms with van der Waals surface area (Å²) < 4.78 is 14.1. The third kappa shape index (κ3) is 5.35. The smallest absolute Gasteiger partial charge is 0.139 e. The van der Waals surface area contributed by atoms with E-state index in [-0.39, 0.29) is 5.82 Å². The van der Waals surface area contributed by atoms with Gasteiger partial charge in [-0.15, -0.1) is 0 Å². The molecule has 28 heavy (non-hydrogen) atoms. The maximum atomic E-state index is 14.1. The summed E-state index contributed by atoms with van der Waals surface area (Å²) in [7, 11) is 0. The molecule has 0 unspecified atom stereocenters. The van der Waals surface area contributed by atoms with Crippen LogP contribution in [0.25, 0.3) is 0 Å². The highest BCUT2D eigenvalue weighted by Crippen LogP contribution is 2.12. The second-order valence-corrected chi connectivity index (χ2v) is 6.69. The molecule has 0 radical (unpaired) electrons. The molecule has 0 spiro atoms. The highest BCUT2D eigenvalue weighted by Gasteiger charge is 2.00. The Balaban J connectivity index is 1.70. The van der Waals surface area contributed by atoms with E-state index in [0.29, 0.717) is 5.56 Å². The summed E-state index contributed by atoms with van der Waals surface area (Å²) in [4.78, 5) is 0. The minimum Gasteiger partial charge on any atom is -0.206 e. The first-order valence-electron chi connectivity index (χ1n) is 9.69. The summed E-state index contributed by atoms with van der Waals surface area (Å²) in [5.74, 6) is 12.0. The number of rotatable bonds is 3. The third-order valence-electron chi connectivity index (χ3n) is 4.51. The minimum absolute atomic E-state index is 0.255. The molecule has 0 saturated heterocycles. The van der Waals surface area contributed by atoms with Crippen molar-refractivity contribution in [3.05, 3.63) is 106 Å². The molecule has 3 aromatic carbocycles. The second kappa shape index (κ2) is 9.59. The molecule has 3 rings (SSSR count). The zero-order valence-corrected chi connectivity index (χ0v) is 16.4. The predicted molar refractivity (Wildman–Crippen MR) is 115 cm³/mol. The van der Waals surface area contributed by atoms with Gasteiger partial charge in [-0.05, 0) is 72.5 Å². The van der Waals surface area contributed by atoms with Gasteiger partial charge in [0.2, 0.25) is 0 Å². The second-order valence-electron chi connectivity index (χ2n) is 6.69. The fourth-order valence-corrected chi connectivity index (χ4v) is 2.85. The standard InChI is InChI=1S/C27H23F/c1-3-5-25-17-19-26(27(28)20-25)18-16-24-14-12-23(13-15-24)11-10-22-8-6-21(4-2)7-9-22/h6-9,12-15,17,19-20H,3-5H2,1-2H3. The monoisotopic (exact) mass is 366 g/mol. The highest BCUT2D eigenvalue weighted by molar-refractivity contribution is 5.48. The van der Waals surface area contributed by atoms with Crippen molar-refractivity contribution >= 4 is 0 Å². The van der Waals surface area contributed by atoms with Gasteiger partial charge in [0.15, 0.2) is 0 Å². The molecular formula is C27H23F. The van der Waals surface area contributed by atoms with Gasteiger partial charge in [0.25, 0.3) is 0 Å². The van der Waals surface area contributed by atoms with E-state index < -0.39 is 0 Å². The molecule has 3 aromatic rings. The summed E-state index contributed by atoms with van der Waals surface area (Å²) in [6, 6.07) is 21.3. The molecular weight excluding hydrogens is 343 g/mol. The molecule has 138 valence electrons. The molecule has 0 saturated carbocycles. The molecule has 0 aromatic heterocycles. The first-order valence-corrected chi connectivity index (χ1v) is 9.69. The molecule has 0 N–H and O–H groups in total. The normalized spacial score (nSPS) is 9.82. The number of aryl methyl sites for hydroxylation is 2. The van der Waals surface area contributed by atoms with Gasteiger partial charge in [0.05, 0.1) is 5.56 Å². The summed E-state index contributed by atoms with van der Waals surface area (Å²) in [5, 5.41) is 0. The fourth-order valence-electron chi connectivity index (χ4n) is 2.85. The van der Waals surface area contributed by atoms with Crippen LogP contribution in [0.5, 0.6) is 0 Å². The number of halogens is 1. The Hall–Kier alpha value is -3.29. The zero-order valence-electron chi connectivity index (χ0n) is 16.4. The van der Waals surface area contributed by atoms with Crippen LogP contribution in [0.2, 0.25) is 0 Å². The van der Waals surface area contributed by atoms with Crippen molar-refractivity contribution < 1.29 is 4.39 Å². The third-order valence-corrected chi connectivity index (χ3v) is 4.51. The van der Waals surface area contributed by atoms with Crippen LogP contribution in [0.15, 0.2) is 66.7 Å². The van der Waals surface area contributed by atoms with Crippen molar-refractivity contribution in [2.75, 3.05) is 0 Å². The lowest BCUT2D eigenvalue weighted by Crippen LogP contribution is -1.89. The van der Waals surface area contributed by atoms with Crippen LogP contribution in [0.4, 0.5) is 4.39 Å². The Morgan fingerprint density at radius 3 is 1.64 bits per heavy atom. The van der Waals surface area contributed by atoms with E-state index in [0.717, 1.165) is 41.5 Å². The van der Waals surface area contributed by atoms with E-state index in [2.05, 4.69) is 49.7 Å². The molecule has 0 aliphatic rings. The van der Waals surface area contributed by atoms with Crippen LogP contribution in [-0.4, -0.2) is 0 Å². The van der Waals surface area contributed by atoms with E-state index in [1.54, 1.807) is 12.1 Å². The van der Waals surface area contributed by atoms with E-state index in [1.165, 1.54) is 5.56 Å². The average Bonchev–Trinajstić information content (AvgIpc) is 2.73. The van der Waals surface area contributed by atoms with Crippen LogP contribution in [0.3, 0.4) is 0 Å². The number of hydrogen-bond acceptors (Lipinski definition) is 0. The van der Waals surface area contributed by atoms with Crippen molar-refractivity contribution in [1.82, 2.24) is 0 Å². The average molecular weight is 366 g/mol. The summed E-state index contributed by atoms with van der Waals surface area (Å²) >= 11 is 0. The molecule has 0 aliphatic heterocycles. The summed E-state index contributed by atoms with van der Waals surface area (Å²) in [6.45, 7) is 4.22. The quantitative estimate of drug-likeness (QED) is 0.488. The van der Waals surface area contributed by atoms with Gasteiger partial charge in [-0.25, -0.2) is 4.39 Å². The van der Waals surface area contributed by atoms with E-state index in [4.69, 9.17) is 0 Å². The van der Waals surface area contributed by atoms with Crippen LogP contribution in [-0.2, 0) is 12.8 Å². The Bertz CT molecular complexity index is 1050. The lowest BCUT2D eigenvalue weighted by molar-refractivity contribution is 0.621. The van der Waals surface area contributed by atoms with Gasteiger partial charge in [0, 0.05) is 16.7 Å². The van der Waals surface area contributed by atoms with Crippen molar-refractivity contribution in [3.63, 3.8) is 0 Å². The first kappa shape index (κ1) is 19.5. The minimum atomic E-state index is -0.255. The van der Waals surface area contributed by atoms with Crippen LogP contribution in [0, 0.1) is 29.5 Å². The van der Waals surface area contributed by atoms with Gasteiger partial charge < -0.3 is 0 Å². The zero-order chi connectivity index (χ0) is 19.8. The van der Waals surface area contributed by atoms with Crippen molar-refractivity contribution in [1.29, 1.82) is 0 Å². The first-order chi connectivity index (χ1) is 13.7. The topological polar surface area (TPSA) is 0 Å². The van der Waals surface area contributed by atoms with Crippen LogP contribution < -0.4 is 0 Å². The van der Waals surface area contributed by atoms with E-state index >= 15 is 0 Å². The van der Waals surface area contributed by atoms with E-state index in [9.17, 15) is 4.39 Å². The Kier molecular flexibility index (Phi) is 6.67. The van der Waals surface area contributed by atoms with Crippen LogP contribution in [0.1, 0.15) is 53.6 Å². The highest BCUT2D eigenvalue weighted by atomic mass is 19.1. The lowest BCUT2D eigenvalue weighted by Gasteiger charge is -2.00. The SMILES string of the molecule is CCCc1ccc(C#Cc2ccc(C#Cc3ccc(CC)cc3)cc2)c(F)c1. The Labute approximate surface area is 167 Å². The molecule has 0 amide bonds. The van der Waals surface area contributed by atoms with Crippen molar-refractivity contribution in [2.24, 2.45) is 0 Å². The van der Waals surface area contributed by atoms with Gasteiger partial charge in [0.1, 0.15) is 5.82 Å². The largest absolute Gasteiger partial charge is 0.206 e. The van der Waals surface area contributed by atoms with Crippen molar-refractivity contribution in [3.8, 4) is 23.7 Å². The van der Waals surface area contributed by atoms with Gasteiger partial charge in [-0.1, -0.05) is 62.1 Å². The van der Waals surface area contributed by atoms with Gasteiger partial charge in [-0.3, -0.25) is 0 Å². The van der Waals surface area contributed by atoms with E-state index in [1.807, 2.05) is 42.5 Å². The maximum absolute atomic E-state index is 14.1. The Morgan fingerprint density at radius 2 is 1.14 bits per heavy atom. The number of benzene rings is 3. The molecule has 0 fully saturated rings. The van der Waals surface area contributed by atoms with Crippen LogP contribution >= 0.6 is 0 Å². The van der Waals surface area contributed by atoms with Gasteiger partial charge >= 0.3 is 0 Å². The molecule has 0 nitrogen and oxygen atoms in total. The lowest BCUT2D eigenvalue weighted by atomic mass is 10.1.